The van der Waals surface area contributed by atoms with E-state index >= 15 is 0 Å². The van der Waals surface area contributed by atoms with Gasteiger partial charge in [0.1, 0.15) is 17.2 Å². The minimum atomic E-state index is -0.738. The maximum atomic E-state index is 11.6. The number of carbonyl (C=O) groups excluding carboxylic acids is 1. The summed E-state index contributed by atoms with van der Waals surface area (Å²) in [7, 11) is 1.32. The molecule has 0 radical (unpaired) electrons. The topological polar surface area (TPSA) is 68.6 Å². The van der Waals surface area contributed by atoms with E-state index in [0.29, 0.717) is 27.8 Å². The average molecular weight is 382 g/mol. The van der Waals surface area contributed by atoms with Crippen LogP contribution >= 0.6 is 11.6 Å². The summed E-state index contributed by atoms with van der Waals surface area (Å²) >= 11 is 6.21. The number of fused-ring (bicyclic) bond motifs is 1. The van der Waals surface area contributed by atoms with Crippen molar-refractivity contribution in [3.05, 3.63) is 65.2 Å². The number of halogens is 1. The molecule has 3 aromatic rings. The molecule has 0 aliphatic carbocycles. The van der Waals surface area contributed by atoms with E-state index < -0.39 is 12.1 Å². The number of benzene rings is 3. The van der Waals surface area contributed by atoms with Crippen molar-refractivity contribution in [2.45, 2.75) is 13.0 Å². The van der Waals surface area contributed by atoms with Crippen LogP contribution in [-0.2, 0) is 9.53 Å². The lowest BCUT2D eigenvalue weighted by atomic mass is 10.1. The molecule has 27 heavy (non-hydrogen) atoms. The first-order chi connectivity index (χ1) is 13.0. The molecule has 0 saturated carbocycles. The van der Waals surface area contributed by atoms with Crippen molar-refractivity contribution in [3.8, 4) is 23.3 Å². The number of hydrogen-bond acceptors (Lipinski definition) is 5. The highest BCUT2D eigenvalue weighted by atomic mass is 35.5. The summed E-state index contributed by atoms with van der Waals surface area (Å²) in [5.74, 6) is 1.11. The van der Waals surface area contributed by atoms with E-state index in [1.165, 1.54) is 7.11 Å². The second-order valence-electron chi connectivity index (χ2n) is 5.75. The molecule has 0 heterocycles. The fourth-order valence-corrected chi connectivity index (χ4v) is 2.84. The van der Waals surface area contributed by atoms with E-state index in [-0.39, 0.29) is 0 Å². The molecule has 5 nitrogen and oxygen atoms in total. The van der Waals surface area contributed by atoms with Crippen LogP contribution in [-0.4, -0.2) is 19.2 Å². The number of nitrogens with zero attached hydrogens (tertiary/aromatic N) is 1. The van der Waals surface area contributed by atoms with Gasteiger partial charge in [-0.05, 0) is 37.3 Å². The molecule has 0 aliphatic heterocycles. The van der Waals surface area contributed by atoms with Crippen LogP contribution in [0.5, 0.6) is 17.2 Å². The Balaban J connectivity index is 1.97. The summed E-state index contributed by atoms with van der Waals surface area (Å²) in [6.07, 6.45) is -0.738. The first-order valence-corrected chi connectivity index (χ1v) is 8.55. The van der Waals surface area contributed by atoms with Gasteiger partial charge >= 0.3 is 5.97 Å². The van der Waals surface area contributed by atoms with Gasteiger partial charge in [0.15, 0.2) is 6.10 Å². The minimum absolute atomic E-state index is 0.345. The van der Waals surface area contributed by atoms with Crippen LogP contribution in [0.1, 0.15) is 12.5 Å². The second kappa shape index (κ2) is 7.98. The smallest absolute Gasteiger partial charge is 0.346 e. The maximum Gasteiger partial charge on any atom is 0.346 e. The lowest BCUT2D eigenvalue weighted by Gasteiger charge is -2.16. The molecule has 0 aromatic heterocycles. The zero-order valence-electron chi connectivity index (χ0n) is 14.7. The fourth-order valence-electron chi connectivity index (χ4n) is 2.62. The number of ether oxygens (including phenoxy) is 3. The number of nitriles is 1. The normalized spacial score (nSPS) is 11.5. The van der Waals surface area contributed by atoms with Crippen LogP contribution in [0.2, 0.25) is 5.02 Å². The predicted molar refractivity (Wildman–Crippen MR) is 102 cm³/mol. The highest BCUT2D eigenvalue weighted by molar-refractivity contribution is 6.32. The van der Waals surface area contributed by atoms with Crippen molar-refractivity contribution >= 4 is 28.3 Å². The van der Waals surface area contributed by atoms with Crippen LogP contribution in [0, 0.1) is 11.3 Å². The highest BCUT2D eigenvalue weighted by Gasteiger charge is 2.17. The SMILES string of the molecule is COC(=O)C(C)Oc1cccc2c(Oc3ccc(C#N)cc3Cl)cccc12. The van der Waals surface area contributed by atoms with Crippen molar-refractivity contribution in [1.29, 1.82) is 5.26 Å². The zero-order chi connectivity index (χ0) is 19.4. The highest BCUT2D eigenvalue weighted by Crippen LogP contribution is 2.37. The molecular formula is C21H16ClNO4. The van der Waals surface area contributed by atoms with Gasteiger partial charge in [-0.1, -0.05) is 35.9 Å². The van der Waals surface area contributed by atoms with Gasteiger partial charge in [-0.25, -0.2) is 4.79 Å². The van der Waals surface area contributed by atoms with Gasteiger partial charge in [-0.3, -0.25) is 0 Å². The molecule has 1 atom stereocenters. The van der Waals surface area contributed by atoms with E-state index in [0.717, 1.165) is 10.8 Å². The fraction of sp³-hybridized carbons (Fsp3) is 0.143. The third-order valence-electron chi connectivity index (χ3n) is 3.96. The minimum Gasteiger partial charge on any atom is -0.478 e. The molecule has 3 aromatic carbocycles. The van der Waals surface area contributed by atoms with Gasteiger partial charge < -0.3 is 14.2 Å². The van der Waals surface area contributed by atoms with Crippen molar-refractivity contribution in [2.75, 3.05) is 7.11 Å². The van der Waals surface area contributed by atoms with Gasteiger partial charge in [0, 0.05) is 10.8 Å². The Labute approximate surface area is 161 Å². The first-order valence-electron chi connectivity index (χ1n) is 8.17. The number of methoxy groups -OCH3 is 1. The van der Waals surface area contributed by atoms with E-state index in [9.17, 15) is 4.79 Å². The third kappa shape index (κ3) is 3.97. The van der Waals surface area contributed by atoms with Crippen LogP contribution in [0.25, 0.3) is 10.8 Å². The quantitative estimate of drug-likeness (QED) is 0.575. The number of rotatable bonds is 5. The zero-order valence-corrected chi connectivity index (χ0v) is 15.5. The van der Waals surface area contributed by atoms with Crippen molar-refractivity contribution < 1.29 is 19.0 Å². The molecule has 0 fully saturated rings. The molecule has 1 unspecified atom stereocenters. The van der Waals surface area contributed by atoms with Gasteiger partial charge in [-0.15, -0.1) is 0 Å². The van der Waals surface area contributed by atoms with Crippen LogP contribution in [0.4, 0.5) is 0 Å². The Bertz CT molecular complexity index is 1040. The standard InChI is InChI=1S/C21H16ClNO4/c1-13(21(24)25-2)26-18-7-3-6-16-15(18)5-4-8-19(16)27-20-10-9-14(12-23)11-17(20)22/h3-11,13H,1-2H3. The van der Waals surface area contributed by atoms with Crippen LogP contribution < -0.4 is 9.47 Å². The number of hydrogen-bond donors (Lipinski definition) is 0. The molecule has 0 bridgehead atoms. The summed E-state index contributed by atoms with van der Waals surface area (Å²) in [6.45, 7) is 1.63. The third-order valence-corrected chi connectivity index (χ3v) is 4.26. The molecule has 0 saturated heterocycles. The molecule has 0 aliphatic rings. The van der Waals surface area contributed by atoms with Crippen molar-refractivity contribution in [1.82, 2.24) is 0 Å². The number of carbonyl (C=O) groups is 1. The van der Waals surface area contributed by atoms with E-state index in [1.807, 2.05) is 36.4 Å². The average Bonchev–Trinajstić information content (AvgIpc) is 2.69. The Kier molecular flexibility index (Phi) is 5.49. The Morgan fingerprint density at radius 1 is 1.04 bits per heavy atom. The van der Waals surface area contributed by atoms with Gasteiger partial charge in [-0.2, -0.15) is 5.26 Å². The molecule has 0 amide bonds. The maximum absolute atomic E-state index is 11.6. The predicted octanol–water partition coefficient (Wildman–Crippen LogP) is 5.10. The van der Waals surface area contributed by atoms with E-state index in [4.69, 9.17) is 31.1 Å². The van der Waals surface area contributed by atoms with Crippen molar-refractivity contribution in [3.63, 3.8) is 0 Å². The molecule has 0 N–H and O–H groups in total. The molecular weight excluding hydrogens is 366 g/mol. The van der Waals surface area contributed by atoms with E-state index in [2.05, 4.69) is 0 Å². The summed E-state index contributed by atoms with van der Waals surface area (Å²) in [6, 6.07) is 17.9. The number of esters is 1. The van der Waals surface area contributed by atoms with Gasteiger partial charge in [0.05, 0.1) is 23.8 Å². The molecule has 3 rings (SSSR count). The summed E-state index contributed by atoms with van der Waals surface area (Å²) < 4.78 is 16.4. The second-order valence-corrected chi connectivity index (χ2v) is 6.16. The van der Waals surface area contributed by atoms with Crippen molar-refractivity contribution in [2.24, 2.45) is 0 Å². The van der Waals surface area contributed by atoms with Gasteiger partial charge in [0.25, 0.3) is 0 Å². The first kappa shape index (κ1) is 18.6. The summed E-state index contributed by atoms with van der Waals surface area (Å²) in [4.78, 5) is 11.6. The lowest BCUT2D eigenvalue weighted by Crippen LogP contribution is -2.24. The molecule has 0 spiro atoms. The molecule has 136 valence electrons. The van der Waals surface area contributed by atoms with E-state index in [1.54, 1.807) is 31.2 Å². The monoisotopic (exact) mass is 381 g/mol. The summed E-state index contributed by atoms with van der Waals surface area (Å²) in [5, 5.41) is 10.9. The Morgan fingerprint density at radius 3 is 2.33 bits per heavy atom. The Hall–Kier alpha value is -3.23. The summed E-state index contributed by atoms with van der Waals surface area (Å²) in [5.41, 5.74) is 0.456. The van der Waals surface area contributed by atoms with Crippen LogP contribution in [0.3, 0.4) is 0 Å². The van der Waals surface area contributed by atoms with Crippen LogP contribution in [0.15, 0.2) is 54.6 Å². The Morgan fingerprint density at radius 2 is 1.70 bits per heavy atom. The largest absolute Gasteiger partial charge is 0.478 e. The van der Waals surface area contributed by atoms with Gasteiger partial charge in [0.2, 0.25) is 0 Å². The lowest BCUT2D eigenvalue weighted by molar-refractivity contribution is -0.147. The molecule has 6 heteroatoms.